The van der Waals surface area contributed by atoms with Crippen molar-refractivity contribution < 1.29 is 0 Å². The molecule has 2 aromatic rings. The number of hydrogen-bond acceptors (Lipinski definition) is 3. The Morgan fingerprint density at radius 2 is 1.92 bits per heavy atom. The van der Waals surface area contributed by atoms with Crippen molar-refractivity contribution in [1.82, 2.24) is 9.36 Å². The number of hydrogen-bond donors (Lipinski definition) is 0. The first kappa shape index (κ1) is 7.43. The zero-order chi connectivity index (χ0) is 8.39. The van der Waals surface area contributed by atoms with Gasteiger partial charge >= 0.3 is 0 Å². The van der Waals surface area contributed by atoms with Crippen LogP contribution in [0.2, 0.25) is 0 Å². The molecule has 0 fully saturated rings. The highest BCUT2D eigenvalue weighted by atomic mass is 32.1. The number of benzene rings is 1. The minimum Gasteiger partial charge on any atom is -0.223 e. The second-order valence-electron chi connectivity index (χ2n) is 2.62. The molecule has 0 aliphatic heterocycles. The van der Waals surface area contributed by atoms with Crippen LogP contribution in [-0.2, 0) is 0 Å². The third-order valence-electron chi connectivity index (χ3n) is 1.67. The summed E-state index contributed by atoms with van der Waals surface area (Å²) < 4.78 is 4.15. The largest absolute Gasteiger partial charge is 0.223 e. The Bertz CT molecular complexity index is 351. The minimum absolute atomic E-state index is 0.819. The van der Waals surface area contributed by atoms with Gasteiger partial charge in [0.2, 0.25) is 0 Å². The molecule has 60 valence electrons. The zero-order valence-electron chi connectivity index (χ0n) is 6.69. The molecular formula is C9H8N2S. The molecule has 1 aromatic heterocycles. The van der Waals surface area contributed by atoms with Gasteiger partial charge in [-0.1, -0.05) is 29.8 Å². The second kappa shape index (κ2) is 3.03. The van der Waals surface area contributed by atoms with E-state index < -0.39 is 0 Å². The van der Waals surface area contributed by atoms with Gasteiger partial charge in [0.05, 0.1) is 0 Å². The van der Waals surface area contributed by atoms with Crippen LogP contribution in [0.3, 0.4) is 0 Å². The molecule has 3 heteroatoms. The molecule has 0 saturated carbocycles. The average molecular weight is 176 g/mol. The lowest BCUT2D eigenvalue weighted by molar-refractivity contribution is 1.32. The first-order valence-electron chi connectivity index (χ1n) is 3.70. The summed E-state index contributed by atoms with van der Waals surface area (Å²) in [6.45, 7) is 2.07. The van der Waals surface area contributed by atoms with E-state index in [1.54, 1.807) is 5.51 Å². The van der Waals surface area contributed by atoms with E-state index >= 15 is 0 Å². The molecule has 1 heterocycles. The smallest absolute Gasteiger partial charge is 0.172 e. The number of aryl methyl sites for hydroxylation is 1. The molecule has 0 N–H and O–H groups in total. The van der Waals surface area contributed by atoms with E-state index in [9.17, 15) is 0 Å². The van der Waals surface area contributed by atoms with Crippen LogP contribution in [0.25, 0.3) is 11.4 Å². The fourth-order valence-electron chi connectivity index (χ4n) is 1.00. The van der Waals surface area contributed by atoms with E-state index in [1.165, 1.54) is 17.1 Å². The maximum absolute atomic E-state index is 4.15. The standard InChI is InChI=1S/C9H8N2S/c1-7-2-4-8(5-3-7)9-10-6-12-11-9/h2-6H,1H3. The predicted octanol–water partition coefficient (Wildman–Crippen LogP) is 2.51. The second-order valence-corrected chi connectivity index (χ2v) is 3.23. The monoisotopic (exact) mass is 176 g/mol. The van der Waals surface area contributed by atoms with E-state index in [0.29, 0.717) is 0 Å². The van der Waals surface area contributed by atoms with Crippen LogP contribution in [0.4, 0.5) is 0 Å². The molecule has 0 aliphatic rings. The van der Waals surface area contributed by atoms with Gasteiger partial charge in [-0.2, -0.15) is 4.37 Å². The maximum Gasteiger partial charge on any atom is 0.172 e. The summed E-state index contributed by atoms with van der Waals surface area (Å²) >= 11 is 1.38. The first-order valence-corrected chi connectivity index (χ1v) is 4.53. The number of aromatic nitrogens is 2. The molecule has 0 bridgehead atoms. The van der Waals surface area contributed by atoms with E-state index in [0.717, 1.165) is 11.4 Å². The SMILES string of the molecule is Cc1ccc(-c2ncsn2)cc1. The van der Waals surface area contributed by atoms with E-state index in [-0.39, 0.29) is 0 Å². The van der Waals surface area contributed by atoms with Crippen molar-refractivity contribution in [1.29, 1.82) is 0 Å². The fraction of sp³-hybridized carbons (Fsp3) is 0.111. The third-order valence-corrected chi connectivity index (χ3v) is 2.15. The van der Waals surface area contributed by atoms with Crippen molar-refractivity contribution in [3.8, 4) is 11.4 Å². The summed E-state index contributed by atoms with van der Waals surface area (Å²) in [4.78, 5) is 4.12. The molecule has 0 aliphatic carbocycles. The van der Waals surface area contributed by atoms with Crippen LogP contribution in [0.15, 0.2) is 29.8 Å². The molecule has 0 atom stereocenters. The molecule has 0 unspecified atom stereocenters. The van der Waals surface area contributed by atoms with Crippen LogP contribution < -0.4 is 0 Å². The average Bonchev–Trinajstić information content (AvgIpc) is 2.58. The predicted molar refractivity (Wildman–Crippen MR) is 50.1 cm³/mol. The Balaban J connectivity index is 2.43. The Labute approximate surface area is 75.1 Å². The zero-order valence-corrected chi connectivity index (χ0v) is 7.51. The lowest BCUT2D eigenvalue weighted by Crippen LogP contribution is -1.79. The quantitative estimate of drug-likeness (QED) is 0.667. The van der Waals surface area contributed by atoms with Gasteiger partial charge in [0.15, 0.2) is 5.82 Å². The molecular weight excluding hydrogens is 168 g/mol. The summed E-state index contributed by atoms with van der Waals surface area (Å²) in [6.07, 6.45) is 0. The summed E-state index contributed by atoms with van der Waals surface area (Å²) in [5.41, 5.74) is 4.09. The molecule has 0 amide bonds. The summed E-state index contributed by atoms with van der Waals surface area (Å²) in [7, 11) is 0. The highest BCUT2D eigenvalue weighted by Gasteiger charge is 1.98. The lowest BCUT2D eigenvalue weighted by atomic mass is 10.1. The van der Waals surface area contributed by atoms with Gasteiger partial charge in [0.1, 0.15) is 5.51 Å². The van der Waals surface area contributed by atoms with Gasteiger partial charge in [-0.3, -0.25) is 0 Å². The van der Waals surface area contributed by atoms with E-state index in [4.69, 9.17) is 0 Å². The Morgan fingerprint density at radius 3 is 2.50 bits per heavy atom. The van der Waals surface area contributed by atoms with E-state index in [2.05, 4.69) is 28.4 Å². The summed E-state index contributed by atoms with van der Waals surface area (Å²) in [6, 6.07) is 8.21. The first-order chi connectivity index (χ1) is 5.86. The molecule has 12 heavy (non-hydrogen) atoms. The van der Waals surface area contributed by atoms with Crippen LogP contribution in [0.5, 0.6) is 0 Å². The van der Waals surface area contributed by atoms with Crippen LogP contribution in [-0.4, -0.2) is 9.36 Å². The summed E-state index contributed by atoms with van der Waals surface area (Å²) in [5, 5.41) is 0. The fourth-order valence-corrected chi connectivity index (χ4v) is 1.45. The van der Waals surface area contributed by atoms with Crippen LogP contribution in [0, 0.1) is 6.92 Å². The van der Waals surface area contributed by atoms with Gasteiger partial charge in [0.25, 0.3) is 0 Å². The maximum atomic E-state index is 4.15. The molecule has 1 aromatic carbocycles. The normalized spacial score (nSPS) is 10.1. The van der Waals surface area contributed by atoms with Crippen molar-refractivity contribution in [3.63, 3.8) is 0 Å². The minimum atomic E-state index is 0.819. The Hall–Kier alpha value is -1.22. The van der Waals surface area contributed by atoms with Gasteiger partial charge in [-0.05, 0) is 18.5 Å². The van der Waals surface area contributed by atoms with Crippen molar-refractivity contribution in [2.24, 2.45) is 0 Å². The van der Waals surface area contributed by atoms with Gasteiger partial charge in [-0.15, -0.1) is 0 Å². The Morgan fingerprint density at radius 1 is 1.17 bits per heavy atom. The molecule has 2 nitrogen and oxygen atoms in total. The van der Waals surface area contributed by atoms with Crippen molar-refractivity contribution >= 4 is 11.5 Å². The van der Waals surface area contributed by atoms with E-state index in [1.807, 2.05) is 12.1 Å². The van der Waals surface area contributed by atoms with Crippen molar-refractivity contribution in [3.05, 3.63) is 35.3 Å². The Kier molecular flexibility index (Phi) is 1.87. The van der Waals surface area contributed by atoms with Gasteiger partial charge in [-0.25, -0.2) is 4.98 Å². The number of rotatable bonds is 1. The highest BCUT2D eigenvalue weighted by molar-refractivity contribution is 7.03. The highest BCUT2D eigenvalue weighted by Crippen LogP contribution is 2.15. The molecule has 0 spiro atoms. The topological polar surface area (TPSA) is 25.8 Å². The molecule has 2 rings (SSSR count). The third kappa shape index (κ3) is 1.36. The van der Waals surface area contributed by atoms with Gasteiger partial charge in [0, 0.05) is 5.56 Å². The van der Waals surface area contributed by atoms with Crippen molar-refractivity contribution in [2.75, 3.05) is 0 Å². The van der Waals surface area contributed by atoms with Gasteiger partial charge < -0.3 is 0 Å². The number of nitrogens with zero attached hydrogens (tertiary/aromatic N) is 2. The molecule has 0 radical (unpaired) electrons. The summed E-state index contributed by atoms with van der Waals surface area (Å²) in [5.74, 6) is 0.819. The lowest BCUT2D eigenvalue weighted by Gasteiger charge is -1.94. The van der Waals surface area contributed by atoms with Crippen LogP contribution in [0.1, 0.15) is 5.56 Å². The molecule has 0 saturated heterocycles. The van der Waals surface area contributed by atoms with Crippen molar-refractivity contribution in [2.45, 2.75) is 6.92 Å². The van der Waals surface area contributed by atoms with Crippen LogP contribution >= 0.6 is 11.5 Å².